The second kappa shape index (κ2) is 4.85. The van der Waals surface area contributed by atoms with Gasteiger partial charge in [0.2, 0.25) is 0 Å². The van der Waals surface area contributed by atoms with Crippen molar-refractivity contribution >= 4 is 9.84 Å². The number of hydrogen-bond donors (Lipinski definition) is 1. The van der Waals surface area contributed by atoms with E-state index in [1.165, 1.54) is 11.8 Å². The van der Waals surface area contributed by atoms with Gasteiger partial charge in [-0.05, 0) is 35.8 Å². The molecule has 0 saturated heterocycles. The van der Waals surface area contributed by atoms with E-state index in [0.29, 0.717) is 12.8 Å². The Morgan fingerprint density at radius 3 is 2.20 bits per heavy atom. The third-order valence-corrected chi connectivity index (χ3v) is 5.98. The molecule has 0 bridgehead atoms. The average Bonchev–Trinajstić information content (AvgIpc) is 2.71. The van der Waals surface area contributed by atoms with Crippen molar-refractivity contribution in [2.45, 2.75) is 56.3 Å². The molecule has 0 heterocycles. The number of benzene rings is 1. The number of hydrogen-bond acceptors (Lipinski definition) is 3. The smallest absolute Gasteiger partial charge is 0.153 e. The highest BCUT2D eigenvalue weighted by atomic mass is 32.2. The van der Waals surface area contributed by atoms with Crippen LogP contribution in [0.15, 0.2) is 24.3 Å². The van der Waals surface area contributed by atoms with Gasteiger partial charge in [-0.2, -0.15) is 0 Å². The molecule has 2 atom stereocenters. The van der Waals surface area contributed by atoms with Gasteiger partial charge >= 0.3 is 0 Å². The Bertz CT molecular complexity index is 581. The van der Waals surface area contributed by atoms with Crippen molar-refractivity contribution in [3.05, 3.63) is 35.4 Å². The Morgan fingerprint density at radius 1 is 1.20 bits per heavy atom. The molecule has 0 spiro atoms. The van der Waals surface area contributed by atoms with Crippen LogP contribution >= 0.6 is 0 Å². The molecule has 0 radical (unpaired) electrons. The maximum Gasteiger partial charge on any atom is 0.153 e. The van der Waals surface area contributed by atoms with E-state index in [-0.39, 0.29) is 5.41 Å². The maximum atomic E-state index is 11.9. The fourth-order valence-electron chi connectivity index (χ4n) is 3.11. The Balaban J connectivity index is 2.40. The minimum atomic E-state index is -3.25. The lowest BCUT2D eigenvalue weighted by Crippen LogP contribution is -2.39. The summed E-state index contributed by atoms with van der Waals surface area (Å²) in [5.41, 5.74) is 0.717. The number of sulfone groups is 1. The quantitative estimate of drug-likeness (QED) is 0.913. The molecule has 1 aromatic carbocycles. The van der Waals surface area contributed by atoms with Gasteiger partial charge in [0.05, 0.1) is 5.25 Å². The van der Waals surface area contributed by atoms with Crippen LogP contribution in [0.5, 0.6) is 0 Å². The standard InChI is InChI=1S/C16H24O3S/c1-15(2,3)12-7-9-13(10-8-12)16(17)11-5-6-14(16)20(4,18)19/h7-10,14,17H,5-6,11H2,1-4H3. The van der Waals surface area contributed by atoms with Crippen molar-refractivity contribution in [3.8, 4) is 0 Å². The third kappa shape index (κ3) is 2.77. The molecule has 1 saturated carbocycles. The molecule has 0 aliphatic heterocycles. The molecule has 1 N–H and O–H groups in total. The zero-order chi connectivity index (χ0) is 15.2. The molecule has 2 rings (SSSR count). The van der Waals surface area contributed by atoms with Crippen molar-refractivity contribution in [3.63, 3.8) is 0 Å². The molecule has 2 unspecified atom stereocenters. The van der Waals surface area contributed by atoms with E-state index < -0.39 is 20.7 Å². The summed E-state index contributed by atoms with van der Waals surface area (Å²) >= 11 is 0. The Labute approximate surface area is 121 Å². The zero-order valence-electron chi connectivity index (χ0n) is 12.7. The first-order chi connectivity index (χ1) is 9.05. The molecule has 1 aliphatic carbocycles. The summed E-state index contributed by atoms with van der Waals surface area (Å²) in [6.45, 7) is 6.39. The van der Waals surface area contributed by atoms with E-state index in [1.54, 1.807) is 0 Å². The first kappa shape index (κ1) is 15.5. The number of aliphatic hydroxyl groups is 1. The molecule has 1 fully saturated rings. The second-order valence-corrected chi connectivity index (χ2v) is 9.19. The zero-order valence-corrected chi connectivity index (χ0v) is 13.5. The molecule has 0 amide bonds. The summed E-state index contributed by atoms with van der Waals surface area (Å²) < 4.78 is 23.8. The number of rotatable bonds is 2. The van der Waals surface area contributed by atoms with Crippen LogP contribution in [0.3, 0.4) is 0 Å². The first-order valence-electron chi connectivity index (χ1n) is 7.07. The van der Waals surface area contributed by atoms with Gasteiger partial charge in [0.25, 0.3) is 0 Å². The molecular formula is C16H24O3S. The van der Waals surface area contributed by atoms with Gasteiger partial charge in [-0.3, -0.25) is 0 Å². The third-order valence-electron chi connectivity index (χ3n) is 4.32. The van der Waals surface area contributed by atoms with Crippen LogP contribution in [0.4, 0.5) is 0 Å². The van der Waals surface area contributed by atoms with Crippen molar-refractivity contribution in [2.24, 2.45) is 0 Å². The summed E-state index contributed by atoms with van der Waals surface area (Å²) in [5, 5.41) is 10.2. The first-order valence-corrected chi connectivity index (χ1v) is 9.03. The highest BCUT2D eigenvalue weighted by Crippen LogP contribution is 2.42. The molecule has 112 valence electrons. The van der Waals surface area contributed by atoms with Gasteiger partial charge in [0, 0.05) is 6.26 Å². The minimum absolute atomic E-state index is 0.0487. The predicted molar refractivity (Wildman–Crippen MR) is 81.5 cm³/mol. The molecule has 1 aromatic rings. The van der Waals surface area contributed by atoms with Crippen LogP contribution in [0, 0.1) is 0 Å². The molecular weight excluding hydrogens is 272 g/mol. The molecule has 3 nitrogen and oxygen atoms in total. The van der Waals surface area contributed by atoms with Crippen LogP contribution in [0.2, 0.25) is 0 Å². The topological polar surface area (TPSA) is 54.4 Å². The minimum Gasteiger partial charge on any atom is -0.384 e. The molecule has 20 heavy (non-hydrogen) atoms. The highest BCUT2D eigenvalue weighted by molar-refractivity contribution is 7.91. The lowest BCUT2D eigenvalue weighted by atomic mass is 9.84. The maximum absolute atomic E-state index is 11.9. The van der Waals surface area contributed by atoms with Crippen molar-refractivity contribution in [1.82, 2.24) is 0 Å². The Hall–Kier alpha value is -0.870. The van der Waals surface area contributed by atoms with Crippen LogP contribution in [0.1, 0.15) is 51.2 Å². The second-order valence-electron chi connectivity index (χ2n) is 6.96. The van der Waals surface area contributed by atoms with E-state index in [9.17, 15) is 13.5 Å². The molecule has 1 aliphatic rings. The summed E-state index contributed by atoms with van der Waals surface area (Å²) in [4.78, 5) is 0. The van der Waals surface area contributed by atoms with Crippen LogP contribution in [-0.4, -0.2) is 25.0 Å². The average molecular weight is 296 g/mol. The summed E-state index contributed by atoms with van der Waals surface area (Å²) in [5.74, 6) is 0. The SMILES string of the molecule is CC(C)(C)c1ccc(C2(O)CCCC2S(C)(=O)=O)cc1. The van der Waals surface area contributed by atoms with Crippen LogP contribution in [0.25, 0.3) is 0 Å². The van der Waals surface area contributed by atoms with Crippen molar-refractivity contribution in [2.75, 3.05) is 6.26 Å². The van der Waals surface area contributed by atoms with Gasteiger partial charge < -0.3 is 5.11 Å². The van der Waals surface area contributed by atoms with Gasteiger partial charge in [0.1, 0.15) is 5.60 Å². The van der Waals surface area contributed by atoms with E-state index in [2.05, 4.69) is 20.8 Å². The lowest BCUT2D eigenvalue weighted by molar-refractivity contribution is 0.0476. The van der Waals surface area contributed by atoms with Crippen molar-refractivity contribution < 1.29 is 13.5 Å². The largest absolute Gasteiger partial charge is 0.384 e. The van der Waals surface area contributed by atoms with Gasteiger partial charge in [-0.25, -0.2) is 8.42 Å². The Kier molecular flexibility index (Phi) is 3.76. The van der Waals surface area contributed by atoms with Crippen LogP contribution < -0.4 is 0 Å². The van der Waals surface area contributed by atoms with E-state index in [4.69, 9.17) is 0 Å². The highest BCUT2D eigenvalue weighted by Gasteiger charge is 2.47. The summed E-state index contributed by atoms with van der Waals surface area (Å²) in [6.07, 6.45) is 3.02. The van der Waals surface area contributed by atoms with Gasteiger partial charge in [-0.15, -0.1) is 0 Å². The van der Waals surface area contributed by atoms with E-state index >= 15 is 0 Å². The Morgan fingerprint density at radius 2 is 1.75 bits per heavy atom. The van der Waals surface area contributed by atoms with Gasteiger partial charge in [-0.1, -0.05) is 45.0 Å². The van der Waals surface area contributed by atoms with Gasteiger partial charge in [0.15, 0.2) is 9.84 Å². The lowest BCUT2D eigenvalue weighted by Gasteiger charge is -2.30. The monoisotopic (exact) mass is 296 g/mol. The molecule has 4 heteroatoms. The fraction of sp³-hybridized carbons (Fsp3) is 0.625. The van der Waals surface area contributed by atoms with E-state index in [1.807, 2.05) is 24.3 Å². The predicted octanol–water partition coefficient (Wildman–Crippen LogP) is 2.77. The molecule has 0 aromatic heterocycles. The van der Waals surface area contributed by atoms with E-state index in [0.717, 1.165) is 12.0 Å². The van der Waals surface area contributed by atoms with Crippen molar-refractivity contribution in [1.29, 1.82) is 0 Å². The van der Waals surface area contributed by atoms with Crippen LogP contribution in [-0.2, 0) is 20.9 Å². The summed E-state index contributed by atoms with van der Waals surface area (Å²) in [6, 6.07) is 7.74. The normalized spacial score (nSPS) is 27.8. The summed E-state index contributed by atoms with van der Waals surface area (Å²) in [7, 11) is -3.25. The fourth-order valence-corrected chi connectivity index (χ4v) is 4.67.